The molecule has 0 aromatic carbocycles. The third kappa shape index (κ3) is 4.28. The van der Waals surface area contributed by atoms with Crippen molar-refractivity contribution in [2.75, 3.05) is 25.0 Å². The van der Waals surface area contributed by atoms with E-state index in [0.29, 0.717) is 12.1 Å². The first-order valence-electron chi connectivity index (χ1n) is 5.65. The van der Waals surface area contributed by atoms with Gasteiger partial charge >= 0.3 is 0 Å². The van der Waals surface area contributed by atoms with Crippen LogP contribution in [0.15, 0.2) is 0 Å². The molecule has 1 fully saturated rings. The van der Waals surface area contributed by atoms with Crippen molar-refractivity contribution in [2.24, 2.45) is 0 Å². The average molecular weight is 264 g/mol. The molecule has 1 aliphatic rings. The molecule has 0 radical (unpaired) electrons. The molecule has 1 unspecified atom stereocenters. The molecule has 84 valence electrons. The van der Waals surface area contributed by atoms with E-state index in [9.17, 15) is 0 Å². The predicted octanol–water partition coefficient (Wildman–Crippen LogP) is 2.66. The van der Waals surface area contributed by atoms with E-state index in [-0.39, 0.29) is 0 Å². The van der Waals surface area contributed by atoms with E-state index in [4.69, 9.17) is 4.74 Å². The zero-order valence-corrected chi connectivity index (χ0v) is 10.9. The lowest BCUT2D eigenvalue weighted by Crippen LogP contribution is -2.40. The van der Waals surface area contributed by atoms with E-state index in [1.165, 1.54) is 19.3 Å². The van der Waals surface area contributed by atoms with Crippen LogP contribution in [0.1, 0.15) is 33.1 Å². The second-order valence-electron chi connectivity index (χ2n) is 4.27. The number of nitrogens with zero attached hydrogens (tertiary/aromatic N) is 1. The Hall–Kier alpha value is 0.400. The Morgan fingerprint density at radius 3 is 2.71 bits per heavy atom. The Balaban J connectivity index is 2.29. The van der Waals surface area contributed by atoms with Crippen molar-refractivity contribution in [1.82, 2.24) is 4.90 Å². The molecule has 1 aliphatic heterocycles. The highest BCUT2D eigenvalue weighted by atomic mass is 79.9. The van der Waals surface area contributed by atoms with Gasteiger partial charge in [-0.2, -0.15) is 0 Å². The maximum absolute atomic E-state index is 5.75. The van der Waals surface area contributed by atoms with Gasteiger partial charge in [-0.1, -0.05) is 15.9 Å². The number of hydrogen-bond donors (Lipinski definition) is 0. The minimum atomic E-state index is 0.477. The highest BCUT2D eigenvalue weighted by Gasteiger charge is 2.18. The molecule has 0 saturated carbocycles. The number of halogens is 1. The van der Waals surface area contributed by atoms with Gasteiger partial charge < -0.3 is 4.74 Å². The molecule has 1 saturated heterocycles. The van der Waals surface area contributed by atoms with Gasteiger partial charge in [0.25, 0.3) is 0 Å². The lowest BCUT2D eigenvalue weighted by atomic mass is 10.1. The first-order valence-corrected chi connectivity index (χ1v) is 6.77. The van der Waals surface area contributed by atoms with E-state index in [1.54, 1.807) is 0 Å². The van der Waals surface area contributed by atoms with E-state index in [1.807, 2.05) is 0 Å². The number of rotatable bonds is 5. The maximum Gasteiger partial charge on any atom is 0.0702 e. The quantitative estimate of drug-likeness (QED) is 0.708. The lowest BCUT2D eigenvalue weighted by Gasteiger charge is -2.32. The molecule has 1 atom stereocenters. The molecule has 0 aromatic heterocycles. The van der Waals surface area contributed by atoms with Gasteiger partial charge in [-0.15, -0.1) is 0 Å². The second kappa shape index (κ2) is 6.81. The van der Waals surface area contributed by atoms with Crippen LogP contribution >= 0.6 is 15.9 Å². The van der Waals surface area contributed by atoms with E-state index in [0.717, 1.165) is 25.0 Å². The van der Waals surface area contributed by atoms with Crippen molar-refractivity contribution < 1.29 is 4.74 Å². The molecule has 0 bridgehead atoms. The van der Waals surface area contributed by atoms with Gasteiger partial charge in [0, 0.05) is 31.1 Å². The first-order chi connectivity index (χ1) is 6.74. The summed E-state index contributed by atoms with van der Waals surface area (Å²) in [7, 11) is 0. The summed E-state index contributed by atoms with van der Waals surface area (Å²) in [4.78, 5) is 2.49. The van der Waals surface area contributed by atoms with Gasteiger partial charge in [0.15, 0.2) is 0 Å². The highest BCUT2D eigenvalue weighted by molar-refractivity contribution is 9.09. The van der Waals surface area contributed by atoms with Crippen LogP contribution in [0.4, 0.5) is 0 Å². The minimum absolute atomic E-state index is 0.477. The molecule has 14 heavy (non-hydrogen) atoms. The second-order valence-corrected chi connectivity index (χ2v) is 5.06. The topological polar surface area (TPSA) is 12.5 Å². The minimum Gasteiger partial charge on any atom is -0.377 e. The molecule has 2 nitrogen and oxygen atoms in total. The highest BCUT2D eigenvalue weighted by Crippen LogP contribution is 2.15. The zero-order valence-electron chi connectivity index (χ0n) is 9.34. The molecule has 0 amide bonds. The largest absolute Gasteiger partial charge is 0.377 e. The van der Waals surface area contributed by atoms with Crippen molar-refractivity contribution >= 4 is 15.9 Å². The van der Waals surface area contributed by atoms with Crippen LogP contribution in [0.5, 0.6) is 0 Å². The third-order valence-electron chi connectivity index (χ3n) is 2.81. The van der Waals surface area contributed by atoms with Crippen LogP contribution in [0, 0.1) is 0 Å². The van der Waals surface area contributed by atoms with Gasteiger partial charge in [-0.3, -0.25) is 4.90 Å². The Morgan fingerprint density at radius 2 is 2.21 bits per heavy atom. The first kappa shape index (κ1) is 12.5. The Bertz CT molecular complexity index is 146. The molecule has 1 heterocycles. The van der Waals surface area contributed by atoms with E-state index in [2.05, 4.69) is 34.7 Å². The number of ether oxygens (including phenoxy) is 1. The standard InChI is InChI=1S/C11H22BrNO/c1-10(2)13(7-6-12)9-11-5-3-4-8-14-11/h10-11H,3-9H2,1-2H3. The summed E-state index contributed by atoms with van der Waals surface area (Å²) < 4.78 is 5.75. The van der Waals surface area contributed by atoms with Crippen molar-refractivity contribution in [3.8, 4) is 0 Å². The fraction of sp³-hybridized carbons (Fsp3) is 1.00. The fourth-order valence-corrected chi connectivity index (χ4v) is 2.34. The van der Waals surface area contributed by atoms with Gasteiger partial charge in [-0.25, -0.2) is 0 Å². The van der Waals surface area contributed by atoms with Crippen molar-refractivity contribution in [3.05, 3.63) is 0 Å². The summed E-state index contributed by atoms with van der Waals surface area (Å²) in [5.41, 5.74) is 0. The molecule has 3 heteroatoms. The fourth-order valence-electron chi connectivity index (χ4n) is 1.88. The van der Waals surface area contributed by atoms with Gasteiger partial charge in [0.05, 0.1) is 6.10 Å². The maximum atomic E-state index is 5.75. The predicted molar refractivity (Wildman–Crippen MR) is 64.1 cm³/mol. The summed E-state index contributed by atoms with van der Waals surface area (Å²) in [5.74, 6) is 0. The molecule has 0 aliphatic carbocycles. The van der Waals surface area contributed by atoms with E-state index < -0.39 is 0 Å². The summed E-state index contributed by atoms with van der Waals surface area (Å²) in [5, 5.41) is 1.05. The number of alkyl halides is 1. The monoisotopic (exact) mass is 263 g/mol. The van der Waals surface area contributed by atoms with E-state index >= 15 is 0 Å². The molecule has 1 rings (SSSR count). The summed E-state index contributed by atoms with van der Waals surface area (Å²) in [6, 6.07) is 0.623. The van der Waals surface area contributed by atoms with Gasteiger partial charge in [-0.05, 0) is 33.1 Å². The van der Waals surface area contributed by atoms with Gasteiger partial charge in [0.1, 0.15) is 0 Å². The smallest absolute Gasteiger partial charge is 0.0702 e. The number of hydrogen-bond acceptors (Lipinski definition) is 2. The summed E-state index contributed by atoms with van der Waals surface area (Å²) >= 11 is 3.50. The van der Waals surface area contributed by atoms with Crippen LogP contribution < -0.4 is 0 Å². The Kier molecular flexibility index (Phi) is 6.06. The summed E-state index contributed by atoms with van der Waals surface area (Å²) in [6.07, 6.45) is 4.30. The molecule has 0 spiro atoms. The van der Waals surface area contributed by atoms with Crippen LogP contribution in [0.3, 0.4) is 0 Å². The molecule has 0 aromatic rings. The molecular formula is C11H22BrNO. The van der Waals surface area contributed by atoms with Crippen LogP contribution in [-0.2, 0) is 4.74 Å². The molecular weight excluding hydrogens is 242 g/mol. The average Bonchev–Trinajstić information content (AvgIpc) is 2.18. The normalized spacial score (nSPS) is 23.4. The van der Waals surface area contributed by atoms with Crippen molar-refractivity contribution in [2.45, 2.75) is 45.3 Å². The lowest BCUT2D eigenvalue weighted by molar-refractivity contribution is -0.00976. The van der Waals surface area contributed by atoms with Crippen LogP contribution in [-0.4, -0.2) is 42.1 Å². The Labute approximate surface area is 96.1 Å². The van der Waals surface area contributed by atoms with Crippen molar-refractivity contribution in [3.63, 3.8) is 0 Å². The SMILES string of the molecule is CC(C)N(CCBr)CC1CCCCO1. The third-order valence-corrected chi connectivity index (χ3v) is 3.17. The van der Waals surface area contributed by atoms with Crippen molar-refractivity contribution in [1.29, 1.82) is 0 Å². The van der Waals surface area contributed by atoms with Gasteiger partial charge in [0.2, 0.25) is 0 Å². The zero-order chi connectivity index (χ0) is 10.4. The summed E-state index contributed by atoms with van der Waals surface area (Å²) in [6.45, 7) is 7.70. The van der Waals surface area contributed by atoms with Crippen LogP contribution in [0.25, 0.3) is 0 Å². The molecule has 0 N–H and O–H groups in total. The Morgan fingerprint density at radius 1 is 1.43 bits per heavy atom. The van der Waals surface area contributed by atoms with Crippen LogP contribution in [0.2, 0.25) is 0 Å².